The number of carbonyl (C=O) groups is 3. The molecule has 1 saturated heterocycles. The summed E-state index contributed by atoms with van der Waals surface area (Å²) >= 11 is 15.7. The Kier molecular flexibility index (Phi) is 5.23. The van der Waals surface area contributed by atoms with E-state index >= 15 is 0 Å². The lowest BCUT2D eigenvalue weighted by atomic mass is 9.79. The number of fused-ring (bicyclic) bond motifs is 1. The van der Waals surface area contributed by atoms with Crippen LogP contribution in [0.5, 0.6) is 0 Å². The smallest absolute Gasteiger partial charge is 0.310 e. The van der Waals surface area contributed by atoms with Crippen LogP contribution < -0.4 is 10.6 Å². The van der Waals surface area contributed by atoms with E-state index in [9.17, 15) is 14.4 Å². The Hall–Kier alpha value is -2.09. The zero-order valence-electron chi connectivity index (χ0n) is 16.0. The molecule has 1 heterocycles. The molecule has 2 amide bonds. The molecule has 0 unspecified atom stereocenters. The first-order valence-electron chi connectivity index (χ1n) is 9.85. The van der Waals surface area contributed by atoms with E-state index in [4.69, 9.17) is 27.9 Å². The van der Waals surface area contributed by atoms with Crippen molar-refractivity contribution in [3.8, 4) is 0 Å². The zero-order chi connectivity index (χ0) is 21.9. The van der Waals surface area contributed by atoms with Gasteiger partial charge >= 0.3 is 5.97 Å². The fourth-order valence-electron chi connectivity index (χ4n) is 5.08. The van der Waals surface area contributed by atoms with Crippen LogP contribution in [0.25, 0.3) is 0 Å². The molecule has 0 radical (unpaired) electrons. The second-order valence-corrected chi connectivity index (χ2v) is 10.0. The van der Waals surface area contributed by atoms with Crippen molar-refractivity contribution < 1.29 is 19.1 Å². The van der Waals surface area contributed by atoms with Gasteiger partial charge < -0.3 is 15.4 Å². The molecule has 2 N–H and O–H groups in total. The van der Waals surface area contributed by atoms with Gasteiger partial charge in [0.15, 0.2) is 0 Å². The number of esters is 1. The average molecular weight is 524 g/mol. The van der Waals surface area contributed by atoms with E-state index in [2.05, 4.69) is 26.6 Å². The Morgan fingerprint density at radius 2 is 1.87 bits per heavy atom. The first-order chi connectivity index (χ1) is 14.8. The van der Waals surface area contributed by atoms with Crippen LogP contribution in [0.1, 0.15) is 16.8 Å². The Balaban J connectivity index is 1.32. The van der Waals surface area contributed by atoms with Crippen LogP contribution in [0.2, 0.25) is 10.0 Å². The predicted molar refractivity (Wildman–Crippen MR) is 121 cm³/mol. The number of ether oxygens (including phenoxy) is 1. The van der Waals surface area contributed by atoms with E-state index in [1.165, 1.54) is 0 Å². The molecule has 2 aromatic carbocycles. The van der Waals surface area contributed by atoms with Gasteiger partial charge in [-0.2, -0.15) is 0 Å². The highest BCUT2D eigenvalue weighted by Gasteiger charge is 2.67. The van der Waals surface area contributed by atoms with Gasteiger partial charge in [0.2, 0.25) is 5.91 Å². The standard InChI is InChI=1S/C22H17BrCl2N2O4/c23-18-12-8-13-17(22(30)31-19(13)18)16(12)21(29)26-11-3-1-2-9(6-11)20(28)27-15-7-10(24)4-5-14(15)25/h1-7,12-13,16-19H,8H2,(H,26,29)(H,27,28)/t12-,13-,16-,17+,18+,19+/m1/s1. The quantitative estimate of drug-likeness (QED) is 0.447. The molecule has 0 aromatic heterocycles. The molecular weight excluding hydrogens is 507 g/mol. The van der Waals surface area contributed by atoms with Crippen molar-refractivity contribution in [2.75, 3.05) is 10.6 Å². The van der Waals surface area contributed by atoms with E-state index in [-0.39, 0.29) is 46.5 Å². The van der Waals surface area contributed by atoms with Crippen molar-refractivity contribution >= 4 is 68.3 Å². The number of hydrogen-bond donors (Lipinski definition) is 2. The minimum absolute atomic E-state index is 0.00416. The van der Waals surface area contributed by atoms with Gasteiger partial charge in [0.1, 0.15) is 6.10 Å². The monoisotopic (exact) mass is 522 g/mol. The van der Waals surface area contributed by atoms with Crippen LogP contribution in [0, 0.1) is 23.7 Å². The number of carbonyl (C=O) groups excluding carboxylic acids is 3. The van der Waals surface area contributed by atoms with Gasteiger partial charge in [-0.3, -0.25) is 14.4 Å². The summed E-state index contributed by atoms with van der Waals surface area (Å²) in [5.74, 6) is -1.58. The molecule has 3 aliphatic rings. The molecule has 160 valence electrons. The summed E-state index contributed by atoms with van der Waals surface area (Å²) in [6, 6.07) is 11.4. The topological polar surface area (TPSA) is 84.5 Å². The van der Waals surface area contributed by atoms with Crippen molar-refractivity contribution in [1.29, 1.82) is 0 Å². The number of hydrogen-bond acceptors (Lipinski definition) is 4. The van der Waals surface area contributed by atoms with Gasteiger partial charge in [-0.25, -0.2) is 0 Å². The van der Waals surface area contributed by atoms with Crippen molar-refractivity contribution in [3.63, 3.8) is 0 Å². The van der Waals surface area contributed by atoms with E-state index in [1.54, 1.807) is 42.5 Å². The van der Waals surface area contributed by atoms with Gasteiger partial charge in [-0.05, 0) is 48.7 Å². The van der Waals surface area contributed by atoms with Crippen molar-refractivity contribution in [2.45, 2.75) is 17.4 Å². The lowest BCUT2D eigenvalue weighted by Gasteiger charge is -2.27. The minimum Gasteiger partial charge on any atom is -0.461 e. The third kappa shape index (κ3) is 3.52. The lowest BCUT2D eigenvalue weighted by molar-refractivity contribution is -0.145. The second kappa shape index (κ2) is 7.80. The first kappa shape index (κ1) is 20.8. The Morgan fingerprint density at radius 3 is 2.68 bits per heavy atom. The van der Waals surface area contributed by atoms with Gasteiger partial charge in [-0.15, -0.1) is 0 Å². The molecule has 6 nitrogen and oxygen atoms in total. The largest absolute Gasteiger partial charge is 0.461 e. The molecule has 2 aliphatic carbocycles. The number of nitrogens with one attached hydrogen (secondary N) is 2. The van der Waals surface area contributed by atoms with E-state index in [0.717, 1.165) is 6.42 Å². The molecule has 2 bridgehead atoms. The molecule has 2 saturated carbocycles. The minimum atomic E-state index is -0.441. The summed E-state index contributed by atoms with van der Waals surface area (Å²) < 4.78 is 5.47. The molecule has 6 atom stereocenters. The van der Waals surface area contributed by atoms with Crippen molar-refractivity contribution in [3.05, 3.63) is 58.1 Å². The normalized spacial score (nSPS) is 30.2. The van der Waals surface area contributed by atoms with Crippen LogP contribution in [0.4, 0.5) is 11.4 Å². The fraction of sp³-hybridized carbons (Fsp3) is 0.318. The SMILES string of the molecule is O=C(Nc1cc(Cl)ccc1Cl)c1cccc(NC(=O)[C@@H]2[C@H]3C[C@H]4[C@H](OC(=O)[C@@H]42)[C@H]3Br)c1. The van der Waals surface area contributed by atoms with Crippen LogP contribution in [-0.2, 0) is 14.3 Å². The van der Waals surface area contributed by atoms with Gasteiger partial charge in [0.25, 0.3) is 5.91 Å². The molecule has 2 aromatic rings. The van der Waals surface area contributed by atoms with Crippen molar-refractivity contribution in [2.24, 2.45) is 23.7 Å². The summed E-state index contributed by atoms with van der Waals surface area (Å²) in [6.45, 7) is 0. The first-order valence-corrected chi connectivity index (χ1v) is 11.5. The van der Waals surface area contributed by atoms with Gasteiger partial charge in [-0.1, -0.05) is 45.2 Å². The molecule has 0 spiro atoms. The van der Waals surface area contributed by atoms with Crippen molar-refractivity contribution in [1.82, 2.24) is 0 Å². The molecule has 1 aliphatic heterocycles. The highest BCUT2D eigenvalue weighted by atomic mass is 79.9. The number of halogens is 3. The van der Waals surface area contributed by atoms with E-state index < -0.39 is 5.92 Å². The fourth-order valence-corrected chi connectivity index (χ4v) is 6.46. The Morgan fingerprint density at radius 1 is 1.06 bits per heavy atom. The summed E-state index contributed by atoms with van der Waals surface area (Å²) in [6.07, 6.45) is 0.676. The predicted octanol–water partition coefficient (Wildman–Crippen LogP) is 4.76. The van der Waals surface area contributed by atoms with Gasteiger partial charge in [0.05, 0.1) is 27.4 Å². The maximum absolute atomic E-state index is 13.1. The summed E-state index contributed by atoms with van der Waals surface area (Å²) in [5, 5.41) is 6.41. The second-order valence-electron chi connectivity index (χ2n) is 8.11. The highest BCUT2D eigenvalue weighted by Crippen LogP contribution is 2.60. The molecule has 31 heavy (non-hydrogen) atoms. The maximum atomic E-state index is 13.1. The highest BCUT2D eigenvalue weighted by molar-refractivity contribution is 9.09. The third-order valence-corrected chi connectivity index (χ3v) is 8.16. The summed E-state index contributed by atoms with van der Waals surface area (Å²) in [4.78, 5) is 38.0. The van der Waals surface area contributed by atoms with E-state index in [1.807, 2.05) is 0 Å². The number of anilines is 2. The molecular formula is C22H17BrCl2N2O4. The Bertz CT molecular complexity index is 1110. The number of benzene rings is 2. The number of amides is 2. The summed E-state index contributed by atoms with van der Waals surface area (Å²) in [5.41, 5.74) is 1.22. The van der Waals surface area contributed by atoms with Crippen LogP contribution >= 0.6 is 39.1 Å². The summed E-state index contributed by atoms with van der Waals surface area (Å²) in [7, 11) is 0. The molecule has 3 fully saturated rings. The van der Waals surface area contributed by atoms with Crippen LogP contribution in [-0.4, -0.2) is 28.7 Å². The molecule has 5 rings (SSSR count). The van der Waals surface area contributed by atoms with Crippen LogP contribution in [0.15, 0.2) is 42.5 Å². The Labute approximate surface area is 196 Å². The number of rotatable bonds is 4. The average Bonchev–Trinajstić information content (AvgIpc) is 3.35. The lowest BCUT2D eigenvalue weighted by Crippen LogP contribution is -2.40. The number of alkyl halides is 1. The van der Waals surface area contributed by atoms with E-state index in [0.29, 0.717) is 27.0 Å². The molecule has 9 heteroatoms. The third-order valence-electron chi connectivity index (χ3n) is 6.39. The van der Waals surface area contributed by atoms with Gasteiger partial charge in [0, 0.05) is 22.2 Å². The zero-order valence-corrected chi connectivity index (χ0v) is 19.1. The maximum Gasteiger partial charge on any atom is 0.310 e. The van der Waals surface area contributed by atoms with Crippen LogP contribution in [0.3, 0.4) is 0 Å².